The van der Waals surface area contributed by atoms with Crippen molar-refractivity contribution in [2.75, 3.05) is 0 Å². The van der Waals surface area contributed by atoms with Crippen molar-refractivity contribution >= 4 is 34.4 Å². The highest BCUT2D eigenvalue weighted by atomic mass is 16.6. The van der Waals surface area contributed by atoms with Crippen LogP contribution in [-0.2, 0) is 0 Å². The highest BCUT2D eigenvalue weighted by molar-refractivity contribution is 5.80. The highest BCUT2D eigenvalue weighted by Crippen LogP contribution is 2.20. The number of non-ortho nitro benzene ring substituents is 2. The Labute approximate surface area is 174 Å². The van der Waals surface area contributed by atoms with Gasteiger partial charge in [-0.3, -0.25) is 29.6 Å². The predicted molar refractivity (Wildman–Crippen MR) is 116 cm³/mol. The summed E-state index contributed by atoms with van der Waals surface area (Å²) in [5, 5.41) is 22.6. The Hall–Kier alpha value is -4.66. The molecule has 1 aromatic heterocycles. The smallest absolute Gasteiger partial charge is 0.268 e. The molecule has 4 rings (SSSR count). The molecule has 0 N–H and O–H groups in total. The number of hydrogen-bond donors (Lipinski definition) is 0. The Morgan fingerprint density at radius 1 is 0.806 bits per heavy atom. The molecule has 3 aromatic carbocycles. The fourth-order valence-corrected chi connectivity index (χ4v) is 3.17. The number of nitro benzene ring substituents is 2. The summed E-state index contributed by atoms with van der Waals surface area (Å²) in [6.07, 6.45) is 3.14. The highest BCUT2D eigenvalue weighted by Gasteiger charge is 2.14. The van der Waals surface area contributed by atoms with Gasteiger partial charge in [0, 0.05) is 24.3 Å². The molecule has 9 nitrogen and oxygen atoms in total. The fourth-order valence-electron chi connectivity index (χ4n) is 3.17. The van der Waals surface area contributed by atoms with Crippen molar-refractivity contribution in [1.29, 1.82) is 0 Å². The Kier molecular flexibility index (Phi) is 5.07. The molecule has 0 fully saturated rings. The van der Waals surface area contributed by atoms with Crippen LogP contribution in [0.5, 0.6) is 0 Å². The second-order valence-corrected chi connectivity index (χ2v) is 6.59. The number of fused-ring (bicyclic) bond motifs is 1. The van der Waals surface area contributed by atoms with Crippen molar-refractivity contribution in [3.05, 3.63) is 115 Å². The Bertz CT molecular complexity index is 1430. The van der Waals surface area contributed by atoms with Gasteiger partial charge >= 0.3 is 0 Å². The molecule has 31 heavy (non-hydrogen) atoms. The van der Waals surface area contributed by atoms with Gasteiger partial charge in [-0.05, 0) is 29.8 Å². The van der Waals surface area contributed by atoms with Gasteiger partial charge in [-0.25, -0.2) is 4.98 Å². The minimum atomic E-state index is -0.540. The second kappa shape index (κ2) is 7.99. The lowest BCUT2D eigenvalue weighted by atomic mass is 10.1. The van der Waals surface area contributed by atoms with Crippen molar-refractivity contribution in [2.24, 2.45) is 0 Å². The monoisotopic (exact) mass is 414 g/mol. The number of aromatic nitrogens is 2. The Morgan fingerprint density at radius 3 is 2.23 bits per heavy atom. The van der Waals surface area contributed by atoms with E-state index >= 15 is 0 Å². The molecule has 0 spiro atoms. The molecule has 0 aliphatic rings. The standard InChI is InChI=1S/C22H14N4O5/c27-22-19-9-1-2-10-20(19)23-21(12-11-15-5-3-7-17(13-15)25(28)29)24(22)16-6-4-8-18(14-16)26(30)31/h1-14H/b12-11+. The molecule has 0 atom stereocenters. The van der Waals surface area contributed by atoms with E-state index in [1.54, 1.807) is 54.6 Å². The van der Waals surface area contributed by atoms with Crippen LogP contribution >= 0.6 is 0 Å². The van der Waals surface area contributed by atoms with E-state index in [2.05, 4.69) is 4.98 Å². The molecule has 0 bridgehead atoms. The van der Waals surface area contributed by atoms with Crippen LogP contribution in [0.3, 0.4) is 0 Å². The van der Waals surface area contributed by atoms with E-state index in [1.807, 2.05) is 0 Å². The van der Waals surface area contributed by atoms with Gasteiger partial charge < -0.3 is 0 Å². The normalized spacial score (nSPS) is 11.1. The largest absolute Gasteiger partial charge is 0.271 e. The topological polar surface area (TPSA) is 121 Å². The van der Waals surface area contributed by atoms with Crippen LogP contribution in [-0.4, -0.2) is 19.4 Å². The lowest BCUT2D eigenvalue weighted by Crippen LogP contribution is -2.22. The van der Waals surface area contributed by atoms with Crippen LogP contribution in [0, 0.1) is 20.2 Å². The summed E-state index contributed by atoms with van der Waals surface area (Å²) in [6, 6.07) is 18.5. The van der Waals surface area contributed by atoms with Crippen molar-refractivity contribution in [3.8, 4) is 5.69 Å². The first kappa shape index (κ1) is 19.6. The molecule has 1 heterocycles. The van der Waals surface area contributed by atoms with Gasteiger partial charge in [0.1, 0.15) is 5.82 Å². The third kappa shape index (κ3) is 3.92. The Balaban J connectivity index is 1.92. The van der Waals surface area contributed by atoms with Crippen LogP contribution in [0.2, 0.25) is 0 Å². The van der Waals surface area contributed by atoms with Crippen LogP contribution in [0.4, 0.5) is 11.4 Å². The summed E-state index contributed by atoms with van der Waals surface area (Å²) in [5.41, 5.74) is 0.687. The van der Waals surface area contributed by atoms with E-state index in [0.29, 0.717) is 16.5 Å². The zero-order valence-electron chi connectivity index (χ0n) is 15.9. The van der Waals surface area contributed by atoms with Crippen LogP contribution in [0.15, 0.2) is 77.6 Å². The molecule has 9 heteroatoms. The van der Waals surface area contributed by atoms with Crippen LogP contribution in [0.1, 0.15) is 11.4 Å². The third-order valence-corrected chi connectivity index (χ3v) is 4.61. The molecule has 0 unspecified atom stereocenters. The molecule has 0 saturated carbocycles. The van der Waals surface area contributed by atoms with E-state index < -0.39 is 9.85 Å². The summed E-state index contributed by atoms with van der Waals surface area (Å²) in [4.78, 5) is 38.9. The van der Waals surface area contributed by atoms with E-state index in [9.17, 15) is 25.0 Å². The average molecular weight is 414 g/mol. The molecule has 4 aromatic rings. The van der Waals surface area contributed by atoms with Gasteiger partial charge in [-0.15, -0.1) is 0 Å². The van der Waals surface area contributed by atoms with Crippen LogP contribution < -0.4 is 5.56 Å². The maximum absolute atomic E-state index is 13.2. The zero-order chi connectivity index (χ0) is 22.0. The van der Waals surface area contributed by atoms with E-state index in [4.69, 9.17) is 0 Å². The minimum absolute atomic E-state index is 0.0651. The van der Waals surface area contributed by atoms with Crippen molar-refractivity contribution in [1.82, 2.24) is 9.55 Å². The first-order valence-electron chi connectivity index (χ1n) is 9.13. The zero-order valence-corrected chi connectivity index (χ0v) is 15.9. The number of benzene rings is 3. The SMILES string of the molecule is O=c1c2ccccc2nc(/C=C/c2cccc([N+](=O)[O-])c2)n1-c1cccc([N+](=O)[O-])c1. The van der Waals surface area contributed by atoms with Crippen molar-refractivity contribution in [2.45, 2.75) is 0 Å². The first-order valence-corrected chi connectivity index (χ1v) is 9.13. The van der Waals surface area contributed by atoms with Crippen molar-refractivity contribution < 1.29 is 9.85 Å². The molecular formula is C22H14N4O5. The van der Waals surface area contributed by atoms with E-state index in [0.717, 1.165) is 0 Å². The average Bonchev–Trinajstić information content (AvgIpc) is 2.78. The number of para-hydroxylation sites is 1. The summed E-state index contributed by atoms with van der Waals surface area (Å²) < 4.78 is 1.28. The molecule has 0 saturated heterocycles. The maximum Gasteiger partial charge on any atom is 0.271 e. The molecule has 0 amide bonds. The van der Waals surface area contributed by atoms with Gasteiger partial charge in [0.2, 0.25) is 0 Å². The van der Waals surface area contributed by atoms with Gasteiger partial charge in [0.15, 0.2) is 0 Å². The summed E-state index contributed by atoms with van der Waals surface area (Å²) in [7, 11) is 0. The number of nitrogens with zero attached hydrogens (tertiary/aromatic N) is 4. The van der Waals surface area contributed by atoms with Crippen molar-refractivity contribution in [3.63, 3.8) is 0 Å². The second-order valence-electron chi connectivity index (χ2n) is 6.59. The fraction of sp³-hybridized carbons (Fsp3) is 0. The number of nitro groups is 2. The summed E-state index contributed by atoms with van der Waals surface area (Å²) >= 11 is 0. The molecule has 0 radical (unpaired) electrons. The molecule has 0 aliphatic heterocycles. The minimum Gasteiger partial charge on any atom is -0.268 e. The summed E-state index contributed by atoms with van der Waals surface area (Å²) in [6.45, 7) is 0. The molecule has 0 aliphatic carbocycles. The first-order chi connectivity index (χ1) is 14.9. The third-order valence-electron chi connectivity index (χ3n) is 4.61. The van der Waals surface area contributed by atoms with Gasteiger partial charge in [-0.1, -0.05) is 36.4 Å². The number of hydrogen-bond acceptors (Lipinski definition) is 6. The van der Waals surface area contributed by atoms with E-state index in [-0.39, 0.29) is 28.4 Å². The van der Waals surface area contributed by atoms with Gasteiger partial charge in [-0.2, -0.15) is 0 Å². The molecule has 152 valence electrons. The summed E-state index contributed by atoms with van der Waals surface area (Å²) in [5.74, 6) is 0.232. The lowest BCUT2D eigenvalue weighted by molar-refractivity contribution is -0.385. The van der Waals surface area contributed by atoms with Crippen LogP contribution in [0.25, 0.3) is 28.7 Å². The van der Waals surface area contributed by atoms with Gasteiger partial charge in [0.25, 0.3) is 16.9 Å². The Morgan fingerprint density at radius 2 is 1.48 bits per heavy atom. The number of rotatable bonds is 5. The van der Waals surface area contributed by atoms with E-state index in [1.165, 1.54) is 34.9 Å². The molecular weight excluding hydrogens is 400 g/mol. The lowest BCUT2D eigenvalue weighted by Gasteiger charge is -2.11. The predicted octanol–water partition coefficient (Wildman–Crippen LogP) is 4.37. The van der Waals surface area contributed by atoms with Gasteiger partial charge in [0.05, 0.1) is 26.4 Å². The quantitative estimate of drug-likeness (QED) is 0.353. The maximum atomic E-state index is 13.2.